The number of carbonyl (C=O) groups excluding carboxylic acids is 2. The number of halogens is 1. The molecule has 0 aromatic heterocycles. The number of carbonyl (C=O) groups is 2. The van der Waals surface area contributed by atoms with E-state index in [0.717, 1.165) is 25.7 Å². The Balaban J connectivity index is 0. The van der Waals surface area contributed by atoms with Crippen LogP contribution in [0.25, 0.3) is 0 Å². The zero-order valence-corrected chi connectivity index (χ0v) is 10.8. The molecule has 0 aliphatic rings. The standard InChI is InChI=1S/C11H21NO3.ClH/c1-3-4-5-6-7-15-11(14)9(2)10(13)8-12;/h9H,3-8,12H2,1-2H3;1H. The molecule has 0 aliphatic heterocycles. The summed E-state index contributed by atoms with van der Waals surface area (Å²) in [5, 5.41) is 0. The highest BCUT2D eigenvalue weighted by molar-refractivity contribution is 5.99. The van der Waals surface area contributed by atoms with Crippen molar-refractivity contribution in [3.8, 4) is 0 Å². The highest BCUT2D eigenvalue weighted by Gasteiger charge is 2.20. The number of hydrogen-bond acceptors (Lipinski definition) is 4. The van der Waals surface area contributed by atoms with E-state index in [1.54, 1.807) is 0 Å². The van der Waals surface area contributed by atoms with Crippen LogP contribution in [0.15, 0.2) is 0 Å². The number of rotatable bonds is 8. The van der Waals surface area contributed by atoms with Crippen LogP contribution in [0.1, 0.15) is 39.5 Å². The molecule has 0 bridgehead atoms. The number of esters is 1. The van der Waals surface area contributed by atoms with Gasteiger partial charge in [0.25, 0.3) is 0 Å². The minimum atomic E-state index is -0.721. The number of Topliss-reactive ketones (excluding diaryl/α,β-unsaturated/α-hetero) is 1. The summed E-state index contributed by atoms with van der Waals surface area (Å²) < 4.78 is 4.96. The van der Waals surface area contributed by atoms with Gasteiger partial charge < -0.3 is 10.5 Å². The quantitative estimate of drug-likeness (QED) is 0.405. The van der Waals surface area contributed by atoms with Crippen molar-refractivity contribution in [3.05, 3.63) is 0 Å². The number of ether oxygens (including phenoxy) is 1. The molecule has 4 nitrogen and oxygen atoms in total. The summed E-state index contributed by atoms with van der Waals surface area (Å²) in [7, 11) is 0. The molecule has 5 heteroatoms. The van der Waals surface area contributed by atoms with Gasteiger partial charge in [0.05, 0.1) is 13.2 Å². The van der Waals surface area contributed by atoms with Crippen LogP contribution in [0.3, 0.4) is 0 Å². The van der Waals surface area contributed by atoms with Crippen molar-refractivity contribution in [1.82, 2.24) is 0 Å². The van der Waals surface area contributed by atoms with Crippen molar-refractivity contribution in [3.63, 3.8) is 0 Å². The maximum absolute atomic E-state index is 11.3. The topological polar surface area (TPSA) is 69.4 Å². The molecule has 0 aromatic carbocycles. The van der Waals surface area contributed by atoms with Crippen LogP contribution in [-0.2, 0) is 14.3 Å². The van der Waals surface area contributed by atoms with Crippen LogP contribution in [-0.4, -0.2) is 24.9 Å². The molecular formula is C11H22ClNO3. The van der Waals surface area contributed by atoms with Gasteiger partial charge in [-0.2, -0.15) is 0 Å². The maximum Gasteiger partial charge on any atom is 0.316 e. The summed E-state index contributed by atoms with van der Waals surface area (Å²) in [4.78, 5) is 22.3. The second kappa shape index (κ2) is 10.9. The molecule has 0 amide bonds. The average molecular weight is 252 g/mol. The van der Waals surface area contributed by atoms with Gasteiger partial charge in [-0.25, -0.2) is 0 Å². The molecule has 0 aliphatic carbocycles. The smallest absolute Gasteiger partial charge is 0.316 e. The van der Waals surface area contributed by atoms with Crippen LogP contribution in [0, 0.1) is 5.92 Å². The molecule has 1 atom stereocenters. The first-order valence-electron chi connectivity index (χ1n) is 5.52. The van der Waals surface area contributed by atoms with Gasteiger partial charge in [0.15, 0.2) is 5.78 Å². The van der Waals surface area contributed by atoms with Crippen molar-refractivity contribution < 1.29 is 14.3 Å². The fraction of sp³-hybridized carbons (Fsp3) is 0.818. The molecule has 0 rings (SSSR count). The highest BCUT2D eigenvalue weighted by atomic mass is 35.5. The van der Waals surface area contributed by atoms with E-state index >= 15 is 0 Å². The zero-order chi connectivity index (χ0) is 11.7. The largest absolute Gasteiger partial charge is 0.465 e. The van der Waals surface area contributed by atoms with Gasteiger partial charge in [-0.3, -0.25) is 9.59 Å². The summed E-state index contributed by atoms with van der Waals surface area (Å²) in [6.07, 6.45) is 4.22. The third kappa shape index (κ3) is 7.65. The lowest BCUT2D eigenvalue weighted by atomic mass is 10.1. The molecule has 0 aromatic rings. The minimum absolute atomic E-state index is 0. The summed E-state index contributed by atoms with van der Waals surface area (Å²) in [5.74, 6) is -1.45. The molecule has 0 heterocycles. The number of unbranched alkanes of at least 4 members (excludes halogenated alkanes) is 3. The van der Waals surface area contributed by atoms with E-state index < -0.39 is 11.9 Å². The van der Waals surface area contributed by atoms with E-state index in [0.29, 0.717) is 6.61 Å². The minimum Gasteiger partial charge on any atom is -0.465 e. The maximum atomic E-state index is 11.3. The Bertz CT molecular complexity index is 209. The predicted molar refractivity (Wildman–Crippen MR) is 65.6 cm³/mol. The first kappa shape index (κ1) is 17.8. The molecule has 16 heavy (non-hydrogen) atoms. The Morgan fingerprint density at radius 3 is 2.38 bits per heavy atom. The van der Waals surface area contributed by atoms with E-state index in [9.17, 15) is 9.59 Å². The lowest BCUT2D eigenvalue weighted by Gasteiger charge is -2.09. The number of hydrogen-bond donors (Lipinski definition) is 1. The first-order chi connectivity index (χ1) is 7.13. The van der Waals surface area contributed by atoms with E-state index in [2.05, 4.69) is 6.92 Å². The molecule has 2 N–H and O–H groups in total. The third-order valence-corrected chi connectivity index (χ3v) is 2.28. The molecule has 0 fully saturated rings. The Morgan fingerprint density at radius 2 is 1.88 bits per heavy atom. The van der Waals surface area contributed by atoms with Gasteiger partial charge in [-0.05, 0) is 13.3 Å². The predicted octanol–water partition coefficient (Wildman–Crippen LogP) is 1.70. The van der Waals surface area contributed by atoms with Gasteiger partial charge >= 0.3 is 5.97 Å². The molecule has 1 unspecified atom stereocenters. The first-order valence-corrected chi connectivity index (χ1v) is 5.52. The Hall–Kier alpha value is -0.610. The zero-order valence-electron chi connectivity index (χ0n) is 10.0. The van der Waals surface area contributed by atoms with E-state index in [1.807, 2.05) is 0 Å². The van der Waals surface area contributed by atoms with E-state index in [-0.39, 0.29) is 24.7 Å². The van der Waals surface area contributed by atoms with Crippen LogP contribution in [0.4, 0.5) is 0 Å². The van der Waals surface area contributed by atoms with E-state index in [4.69, 9.17) is 10.5 Å². The highest BCUT2D eigenvalue weighted by Crippen LogP contribution is 2.03. The van der Waals surface area contributed by atoms with E-state index in [1.165, 1.54) is 6.92 Å². The van der Waals surface area contributed by atoms with Gasteiger partial charge in [0, 0.05) is 0 Å². The molecule has 0 saturated heterocycles. The van der Waals surface area contributed by atoms with Gasteiger partial charge in [0.2, 0.25) is 0 Å². The van der Waals surface area contributed by atoms with Crippen LogP contribution >= 0.6 is 12.4 Å². The summed E-state index contributed by atoms with van der Waals surface area (Å²) in [6, 6.07) is 0. The van der Waals surface area contributed by atoms with Crippen LogP contribution in [0.2, 0.25) is 0 Å². The third-order valence-electron chi connectivity index (χ3n) is 2.28. The number of ketones is 1. The van der Waals surface area contributed by atoms with Crippen molar-refractivity contribution in [1.29, 1.82) is 0 Å². The van der Waals surface area contributed by atoms with Crippen LogP contribution < -0.4 is 5.73 Å². The van der Waals surface area contributed by atoms with Gasteiger partial charge in [0.1, 0.15) is 5.92 Å². The fourth-order valence-electron chi connectivity index (χ4n) is 1.13. The lowest BCUT2D eigenvalue weighted by Crippen LogP contribution is -2.29. The van der Waals surface area contributed by atoms with Crippen molar-refractivity contribution in [2.75, 3.05) is 13.2 Å². The van der Waals surface area contributed by atoms with Gasteiger partial charge in [-0.15, -0.1) is 12.4 Å². The molecule has 0 spiro atoms. The Morgan fingerprint density at radius 1 is 1.25 bits per heavy atom. The van der Waals surface area contributed by atoms with Gasteiger partial charge in [-0.1, -0.05) is 26.2 Å². The number of nitrogens with two attached hydrogens (primary N) is 1. The SMILES string of the molecule is CCCCCCOC(=O)C(C)C(=O)CN.Cl. The molecule has 0 saturated carbocycles. The molecular weight excluding hydrogens is 230 g/mol. The monoisotopic (exact) mass is 251 g/mol. The summed E-state index contributed by atoms with van der Waals surface area (Å²) in [5.41, 5.74) is 5.15. The Labute approximate surface area is 103 Å². The van der Waals surface area contributed by atoms with Crippen molar-refractivity contribution in [2.45, 2.75) is 39.5 Å². The lowest BCUT2D eigenvalue weighted by molar-refractivity contribution is -0.151. The summed E-state index contributed by atoms with van der Waals surface area (Å²) in [6.45, 7) is 3.95. The molecule has 0 radical (unpaired) electrons. The molecule has 96 valence electrons. The second-order valence-corrected chi connectivity index (χ2v) is 3.62. The normalized spacial score (nSPS) is 11.4. The fourth-order valence-corrected chi connectivity index (χ4v) is 1.13. The summed E-state index contributed by atoms with van der Waals surface area (Å²) >= 11 is 0. The van der Waals surface area contributed by atoms with Crippen molar-refractivity contribution >= 4 is 24.2 Å². The van der Waals surface area contributed by atoms with Crippen LogP contribution in [0.5, 0.6) is 0 Å². The Kier molecular flexibility index (Phi) is 12.1. The average Bonchev–Trinajstić information content (AvgIpc) is 2.26. The van der Waals surface area contributed by atoms with Crippen molar-refractivity contribution in [2.24, 2.45) is 11.7 Å². The second-order valence-electron chi connectivity index (χ2n) is 3.62.